The van der Waals surface area contributed by atoms with Crippen LogP contribution in [0.15, 0.2) is 66.9 Å². The van der Waals surface area contributed by atoms with Gasteiger partial charge in [0.1, 0.15) is 18.3 Å². The first-order valence-corrected chi connectivity index (χ1v) is 22.9. The largest absolute Gasteiger partial charge is 0.508 e. The smallest absolute Gasteiger partial charge is 0.262 e. The van der Waals surface area contributed by atoms with Crippen molar-refractivity contribution in [3.63, 3.8) is 0 Å². The average molecular weight is 830 g/mol. The van der Waals surface area contributed by atoms with Gasteiger partial charge in [0, 0.05) is 56.9 Å². The second-order valence-corrected chi connectivity index (χ2v) is 18.4. The van der Waals surface area contributed by atoms with E-state index in [1.54, 1.807) is 19.2 Å². The van der Waals surface area contributed by atoms with Crippen molar-refractivity contribution in [1.82, 2.24) is 20.0 Å². The zero-order valence-electron chi connectivity index (χ0n) is 37.0. The summed E-state index contributed by atoms with van der Waals surface area (Å²) in [5.41, 5.74) is 9.45. The van der Waals surface area contributed by atoms with Gasteiger partial charge in [0.05, 0.1) is 23.7 Å². The Kier molecular flexibility index (Phi) is 14.1. The maximum atomic E-state index is 12.9. The van der Waals surface area contributed by atoms with Gasteiger partial charge in [-0.3, -0.25) is 19.4 Å². The number of likely N-dealkylation sites (N-methyl/N-ethyl adjacent to an activating group) is 1. The van der Waals surface area contributed by atoms with Crippen LogP contribution in [0.25, 0.3) is 0 Å². The lowest BCUT2D eigenvalue weighted by atomic mass is 9.65. The Morgan fingerprint density at radius 2 is 1.51 bits per heavy atom. The van der Waals surface area contributed by atoms with E-state index in [4.69, 9.17) is 0 Å². The molecule has 1 spiro atoms. The number of aldehydes is 2. The van der Waals surface area contributed by atoms with Crippen molar-refractivity contribution in [2.75, 3.05) is 51.7 Å². The Balaban J connectivity index is 0.000000193. The fourth-order valence-electron chi connectivity index (χ4n) is 11.2. The molecule has 2 fully saturated rings. The maximum Gasteiger partial charge on any atom is 0.262 e. The molecule has 0 aromatic heterocycles. The van der Waals surface area contributed by atoms with Gasteiger partial charge in [-0.05, 0) is 147 Å². The topological polar surface area (TPSA) is 113 Å². The van der Waals surface area contributed by atoms with E-state index in [1.807, 2.05) is 17.0 Å². The summed E-state index contributed by atoms with van der Waals surface area (Å²) < 4.78 is 0. The highest BCUT2D eigenvalue weighted by molar-refractivity contribution is 6.22. The van der Waals surface area contributed by atoms with Crippen LogP contribution in [0, 0.1) is 17.3 Å². The molecule has 1 aliphatic carbocycles. The molecule has 8 rings (SSSR count). The molecule has 4 heterocycles. The van der Waals surface area contributed by atoms with Crippen molar-refractivity contribution in [2.45, 2.75) is 110 Å². The Morgan fingerprint density at radius 1 is 0.869 bits per heavy atom. The molecule has 326 valence electrons. The third kappa shape index (κ3) is 9.36. The number of piperidine rings is 2. The maximum absolute atomic E-state index is 12.9. The van der Waals surface area contributed by atoms with Gasteiger partial charge in [0.25, 0.3) is 11.8 Å². The first kappa shape index (κ1) is 44.3. The molecule has 3 unspecified atom stereocenters. The molecule has 5 aliphatic rings. The molecule has 61 heavy (non-hydrogen) atoms. The summed E-state index contributed by atoms with van der Waals surface area (Å²) in [4.78, 5) is 55.6. The number of phenolic OH excluding ortho intramolecular Hbond substituents is 1. The van der Waals surface area contributed by atoms with Gasteiger partial charge in [-0.1, -0.05) is 57.9 Å². The fourth-order valence-corrected chi connectivity index (χ4v) is 11.2. The highest BCUT2D eigenvalue weighted by Gasteiger charge is 2.42. The number of aromatic hydroxyl groups is 1. The Labute approximate surface area is 363 Å². The van der Waals surface area contributed by atoms with Crippen molar-refractivity contribution in [1.29, 1.82) is 0 Å². The van der Waals surface area contributed by atoms with Gasteiger partial charge in [0.15, 0.2) is 0 Å². The Hall–Kier alpha value is -4.80. The van der Waals surface area contributed by atoms with Crippen molar-refractivity contribution >= 4 is 30.1 Å². The van der Waals surface area contributed by atoms with Crippen LogP contribution >= 0.6 is 0 Å². The fraction of sp³-hybridized carbons (Fsp3) is 0.529. The number of nitrogens with zero attached hydrogens (tertiary/aromatic N) is 4. The number of imide groups is 1. The standard InChI is InChI=1S/C32H46N2O.C19H21N3O4/c1-4-6-24(5-2)29-13-9-26-23-28(35)12-14-30(26)31(29)25-7-10-27(11-8-25)34-21-17-32(18-22-34)15-19-33(3)20-16-32;1-12(20-2)17(4-3-6-23)22-18(25)15-8-13-10-21(5-7-24)11-14(13)9-16(15)19(22)26/h7-8,10-12,14,23-24,29,31,35H,4-6,9,13,15-22H2,1-3H3;6-9,17,20H,1,3-5,10-11H2,2H3/t24?,29?,31-;/m0./s1. The van der Waals surface area contributed by atoms with Crippen LogP contribution in [0.4, 0.5) is 5.69 Å². The molecular weight excluding hydrogens is 763 g/mol. The van der Waals surface area contributed by atoms with Crippen LogP contribution in [0.1, 0.15) is 133 Å². The second kappa shape index (κ2) is 19.5. The van der Waals surface area contributed by atoms with Crippen LogP contribution in [0.5, 0.6) is 5.75 Å². The summed E-state index contributed by atoms with van der Waals surface area (Å²) in [5, 5.41) is 13.0. The molecular formula is C51H67N5O5. The predicted octanol–water partition coefficient (Wildman–Crippen LogP) is 8.10. The number of amides is 2. The van der Waals surface area contributed by atoms with E-state index in [9.17, 15) is 24.3 Å². The highest BCUT2D eigenvalue weighted by Crippen LogP contribution is 2.48. The number of hydrogen-bond acceptors (Lipinski definition) is 9. The van der Waals surface area contributed by atoms with Crippen LogP contribution in [-0.2, 0) is 29.1 Å². The SMILES string of the molecule is C=C(NC)C(CCC=O)N1C(=O)c2cc3c(cc2C1=O)CN(CC=O)C3.CCCC(CC)C1CCc2cc(O)ccc2[C@H]1c1ccc(N2CCC3(CCN(C)CC3)CC2)cc1. The van der Waals surface area contributed by atoms with E-state index in [-0.39, 0.29) is 18.2 Å². The third-order valence-electron chi connectivity index (χ3n) is 14.9. The number of benzene rings is 3. The molecule has 3 aromatic carbocycles. The quantitative estimate of drug-likeness (QED) is 0.123. The Morgan fingerprint density at radius 3 is 2.08 bits per heavy atom. The molecule has 2 amide bonds. The Bertz CT molecular complexity index is 2020. The molecule has 0 saturated carbocycles. The lowest BCUT2D eigenvalue weighted by Gasteiger charge is -2.47. The van der Waals surface area contributed by atoms with Crippen LogP contribution in [0.2, 0.25) is 0 Å². The number of hydrogen-bond donors (Lipinski definition) is 2. The van der Waals surface area contributed by atoms with Gasteiger partial charge in [-0.15, -0.1) is 0 Å². The minimum atomic E-state index is -0.570. The van der Waals surface area contributed by atoms with Crippen molar-refractivity contribution < 1.29 is 24.3 Å². The number of aryl methyl sites for hydroxylation is 1. The minimum Gasteiger partial charge on any atom is -0.508 e. The molecule has 10 heteroatoms. The molecule has 4 atom stereocenters. The first-order chi connectivity index (χ1) is 29.5. The van der Waals surface area contributed by atoms with E-state index < -0.39 is 6.04 Å². The minimum absolute atomic E-state index is 0.232. The van der Waals surface area contributed by atoms with Gasteiger partial charge in [-0.2, -0.15) is 0 Å². The van der Waals surface area contributed by atoms with Crippen molar-refractivity contribution in [3.05, 3.63) is 106 Å². The number of fused-ring (bicyclic) bond motifs is 3. The molecule has 0 radical (unpaired) electrons. The normalized spacial score (nSPS) is 21.8. The molecule has 3 aromatic rings. The molecule has 0 bridgehead atoms. The summed E-state index contributed by atoms with van der Waals surface area (Å²) in [6.07, 6.45) is 13.8. The van der Waals surface area contributed by atoms with Gasteiger partial charge < -0.3 is 29.8 Å². The summed E-state index contributed by atoms with van der Waals surface area (Å²) in [5.74, 6) is 1.56. The van der Waals surface area contributed by atoms with Crippen molar-refractivity contribution in [3.8, 4) is 5.75 Å². The monoisotopic (exact) mass is 830 g/mol. The predicted molar refractivity (Wildman–Crippen MR) is 242 cm³/mol. The molecule has 2 N–H and O–H groups in total. The van der Waals surface area contributed by atoms with Crippen LogP contribution in [0.3, 0.4) is 0 Å². The van der Waals surface area contributed by atoms with E-state index in [1.165, 1.54) is 105 Å². The van der Waals surface area contributed by atoms with Gasteiger partial charge in [-0.25, -0.2) is 0 Å². The lowest BCUT2D eigenvalue weighted by molar-refractivity contribution is -0.109. The number of anilines is 1. The summed E-state index contributed by atoms with van der Waals surface area (Å²) in [6.45, 7) is 15.0. The van der Waals surface area contributed by atoms with Gasteiger partial charge in [0.2, 0.25) is 0 Å². The van der Waals surface area contributed by atoms with E-state index in [0.29, 0.717) is 65.9 Å². The first-order valence-electron chi connectivity index (χ1n) is 22.9. The molecule has 2 saturated heterocycles. The van der Waals surface area contributed by atoms with Gasteiger partial charge >= 0.3 is 0 Å². The van der Waals surface area contributed by atoms with Crippen molar-refractivity contribution in [2.24, 2.45) is 17.3 Å². The summed E-state index contributed by atoms with van der Waals surface area (Å²) in [7, 11) is 3.94. The third-order valence-corrected chi connectivity index (χ3v) is 14.9. The number of rotatable bonds is 14. The summed E-state index contributed by atoms with van der Waals surface area (Å²) >= 11 is 0. The average Bonchev–Trinajstić information content (AvgIpc) is 3.78. The zero-order chi connectivity index (χ0) is 43.3. The highest BCUT2D eigenvalue weighted by atomic mass is 16.3. The zero-order valence-corrected chi connectivity index (χ0v) is 37.0. The van der Waals surface area contributed by atoms with E-state index in [0.717, 1.165) is 36.0 Å². The van der Waals surface area contributed by atoms with E-state index >= 15 is 0 Å². The molecule has 10 nitrogen and oxygen atoms in total. The number of carbonyl (C=O) groups excluding carboxylic acids is 4. The van der Waals surface area contributed by atoms with Crippen LogP contribution in [-0.4, -0.2) is 97.1 Å². The van der Waals surface area contributed by atoms with Crippen LogP contribution < -0.4 is 10.2 Å². The lowest BCUT2D eigenvalue weighted by Crippen LogP contribution is -2.46. The number of carbonyl (C=O) groups is 4. The summed E-state index contributed by atoms with van der Waals surface area (Å²) in [6, 6.07) is 18.7. The molecule has 4 aliphatic heterocycles. The number of phenols is 1. The number of nitrogens with one attached hydrogen (secondary N) is 1. The second-order valence-electron chi connectivity index (χ2n) is 18.4. The van der Waals surface area contributed by atoms with E-state index in [2.05, 4.69) is 72.9 Å². The number of likely N-dealkylation sites (tertiary alicyclic amines) is 1.